The zero-order valence-corrected chi connectivity index (χ0v) is 55.6. The fourth-order valence-electron chi connectivity index (χ4n) is 11.5. The summed E-state index contributed by atoms with van der Waals surface area (Å²) in [4.78, 5) is 180. The van der Waals surface area contributed by atoms with E-state index in [1.54, 1.807) is 32.9 Å². The van der Waals surface area contributed by atoms with E-state index in [0.717, 1.165) is 4.90 Å². The molecule has 3 aliphatic heterocycles. The van der Waals surface area contributed by atoms with Crippen LogP contribution in [-0.4, -0.2) is 212 Å². The summed E-state index contributed by atoms with van der Waals surface area (Å²) < 4.78 is 21.2. The van der Waals surface area contributed by atoms with Gasteiger partial charge in [0.05, 0.1) is 80.0 Å². The number of rotatable bonds is 28. The van der Waals surface area contributed by atoms with Gasteiger partial charge in [0.2, 0.25) is 59.1 Å². The smallest absolute Gasteiger partial charge is 0.304 e. The minimum atomic E-state index is -2.43. The summed E-state index contributed by atoms with van der Waals surface area (Å²) in [6.45, 7) is 4.67. The van der Waals surface area contributed by atoms with Gasteiger partial charge in [-0.25, -0.2) is 0 Å². The van der Waals surface area contributed by atoms with Crippen molar-refractivity contribution >= 4 is 110 Å². The number of nitrogens with two attached hydrogens (primary N) is 1. The molecular formula is C62H93N11O19S2. The first kappa shape index (κ1) is 77.2. The van der Waals surface area contributed by atoms with Crippen molar-refractivity contribution in [1.82, 2.24) is 52.4 Å². The Labute approximate surface area is 551 Å². The highest BCUT2D eigenvalue weighted by atomic mass is 32.2. The standard InChI is InChI=1S/C62H93N11O19S2/c1-6-33(2)40-24-37(75)27-67-57(86)36-22-41-39-15-16-48(92-5)42(31-93-20-19-65-51(81)14-9-7-11-17-64-50(80)13-10-8-12-18-66-56(85)34(3)21-53(83)84)55(39)72-61(41)94(91)32-44(69-52(82)28-68-58(40)87)59(88)70-43(26-49(63)79)62(90)73-29-38(76)25-45(73)60(89)71-54(46(77)23-36)35(4)47(78)30-74/h15-16,33-36,38,40,43-45,47,54,72,74,76,78H,6-14,17-32H2,1-5H3,(H2,63,79)(H,64,80)(H,65,81)(H,66,85)(H,67,86)(H,68,87)(H,69,82)(H,70,88)(H,71,89)(H,83,84)/t33-,34?,35-,36+,38+,40-,43-,44-,45-,47-,54-,94?/m0/s1. The lowest BCUT2D eigenvalue weighted by Crippen LogP contribution is -2.60. The van der Waals surface area contributed by atoms with Crippen LogP contribution in [0.1, 0.15) is 129 Å². The van der Waals surface area contributed by atoms with E-state index < -0.39 is 200 Å². The number of aliphatic hydroxyl groups is 3. The van der Waals surface area contributed by atoms with Gasteiger partial charge in [-0.05, 0) is 55.7 Å². The molecule has 1 saturated heterocycles. The number of hydrogen-bond donors (Lipinski definition) is 14. The number of ketones is 2. The van der Waals surface area contributed by atoms with E-state index >= 15 is 4.21 Å². The number of nitrogens with zero attached hydrogens (tertiary/aromatic N) is 1. The highest BCUT2D eigenvalue weighted by molar-refractivity contribution is 7.98. The number of ether oxygens (including phenoxy) is 1. The third-order valence-corrected chi connectivity index (χ3v) is 19.6. The number of thioether (sulfide) groups is 1. The molecule has 0 aliphatic carbocycles. The van der Waals surface area contributed by atoms with E-state index in [0.29, 0.717) is 92.4 Å². The molecule has 3 aliphatic rings. The number of benzene rings is 1. The molecule has 12 atom stereocenters. The number of aromatic amines is 1. The number of carboxylic acid groups (broad SMARTS) is 1. The first-order valence-corrected chi connectivity index (χ1v) is 34.4. The van der Waals surface area contributed by atoms with Crippen LogP contribution >= 0.6 is 11.8 Å². The number of aliphatic carboxylic acids is 1. The molecule has 0 saturated carbocycles. The van der Waals surface area contributed by atoms with Gasteiger partial charge in [-0.2, -0.15) is 11.8 Å². The Bertz CT molecular complexity index is 3090. The lowest BCUT2D eigenvalue weighted by Gasteiger charge is -2.32. The predicted octanol–water partition coefficient (Wildman–Crippen LogP) is -1.62. The number of fused-ring (bicyclic) bond motifs is 5. The Balaban J connectivity index is 1.43. The Morgan fingerprint density at radius 1 is 0.819 bits per heavy atom. The van der Waals surface area contributed by atoms with Crippen LogP contribution in [0.4, 0.5) is 0 Å². The van der Waals surface area contributed by atoms with Gasteiger partial charge in [-0.1, -0.05) is 47.0 Å². The molecule has 0 spiro atoms. The van der Waals surface area contributed by atoms with Crippen molar-refractivity contribution in [2.75, 3.05) is 64.5 Å². The number of hydrogen-bond acceptors (Lipinski definition) is 19. The minimum Gasteiger partial charge on any atom is -0.496 e. The molecule has 15 N–H and O–H groups in total. The summed E-state index contributed by atoms with van der Waals surface area (Å²) >= 11 is 1.39. The maximum Gasteiger partial charge on any atom is 0.304 e. The molecule has 5 rings (SSSR count). The van der Waals surface area contributed by atoms with E-state index in [4.69, 9.17) is 15.6 Å². The number of aromatic nitrogens is 1. The van der Waals surface area contributed by atoms with Crippen LogP contribution in [0.15, 0.2) is 17.2 Å². The summed E-state index contributed by atoms with van der Waals surface area (Å²) in [6, 6.07) is -3.77. The van der Waals surface area contributed by atoms with Gasteiger partial charge in [0.1, 0.15) is 28.9 Å². The van der Waals surface area contributed by atoms with Crippen LogP contribution in [0.2, 0.25) is 0 Å². The molecule has 1 aromatic carbocycles. The first-order chi connectivity index (χ1) is 44.7. The maximum absolute atomic E-state index is 15.4. The summed E-state index contributed by atoms with van der Waals surface area (Å²) in [7, 11) is -1.01. The van der Waals surface area contributed by atoms with Gasteiger partial charge in [0.25, 0.3) is 0 Å². The van der Waals surface area contributed by atoms with Crippen LogP contribution in [0.3, 0.4) is 0 Å². The quantitative estimate of drug-likeness (QED) is 0.0426. The zero-order chi connectivity index (χ0) is 69.3. The van der Waals surface area contributed by atoms with Crippen molar-refractivity contribution in [3.63, 3.8) is 0 Å². The monoisotopic (exact) mass is 1360 g/mol. The number of unbranched alkanes of at least 4 members (excludes halogenated alkanes) is 4. The highest BCUT2D eigenvalue weighted by Gasteiger charge is 2.45. The summed E-state index contributed by atoms with van der Waals surface area (Å²) in [5.41, 5.74) is 6.61. The molecule has 0 radical (unpaired) electrons. The number of carbonyl (C=O) groups excluding carboxylic acids is 12. The number of amides is 10. The number of Topliss-reactive ketones (excluding diaryl/α,β-unsaturated/α-hetero) is 2. The number of carboxylic acids is 1. The van der Waals surface area contributed by atoms with Crippen molar-refractivity contribution in [1.29, 1.82) is 0 Å². The van der Waals surface area contributed by atoms with Gasteiger partial charge in [-0.15, -0.1) is 0 Å². The van der Waals surface area contributed by atoms with Crippen LogP contribution in [-0.2, 0) is 85.3 Å². The first-order valence-electron chi connectivity index (χ1n) is 31.9. The van der Waals surface area contributed by atoms with Crippen molar-refractivity contribution < 1.29 is 91.7 Å². The fraction of sp³-hybridized carbons (Fsp3) is 0.661. The average molecular weight is 1360 g/mol. The number of nitrogens with one attached hydrogen (secondary N) is 9. The van der Waals surface area contributed by atoms with Gasteiger partial charge < -0.3 is 83.3 Å². The molecule has 522 valence electrons. The van der Waals surface area contributed by atoms with Gasteiger partial charge in [0, 0.05) is 104 Å². The predicted molar refractivity (Wildman–Crippen MR) is 343 cm³/mol. The highest BCUT2D eigenvalue weighted by Crippen LogP contribution is 2.37. The molecule has 1 aromatic heterocycles. The lowest BCUT2D eigenvalue weighted by atomic mass is 9.85. The van der Waals surface area contributed by atoms with E-state index in [9.17, 15) is 77.6 Å². The SMILES string of the molecule is CC[C@H](C)[C@@H]1CC(=O)CNC(=O)[C@H]2CC(=O)[C@H]([C@@H](C)[C@@H](O)CO)NC(=O)[C@@H]3C[C@@H](O)CN3C(=O)[C@H](CC(N)=O)NC(=O)[C@H](CS(=O)c3[nH]c4c(CSCCNC(=O)CCCCCNC(=O)CCCCCNC(=O)C(C)CC(=O)O)c(OC)ccc4c3C2)NC(=O)CNC1=O. The number of primary amides is 1. The number of carbonyl (C=O) groups is 13. The van der Waals surface area contributed by atoms with E-state index in [2.05, 4.69) is 47.5 Å². The largest absolute Gasteiger partial charge is 0.496 e. The maximum atomic E-state index is 15.4. The third kappa shape index (κ3) is 23.1. The molecule has 10 amide bonds. The molecule has 2 bridgehead atoms. The van der Waals surface area contributed by atoms with Crippen LogP contribution < -0.4 is 53.0 Å². The Morgan fingerprint density at radius 2 is 1.48 bits per heavy atom. The van der Waals surface area contributed by atoms with E-state index in [-0.39, 0.29) is 53.5 Å². The summed E-state index contributed by atoms with van der Waals surface area (Å²) in [5.74, 6) is -14.8. The Hall–Kier alpha value is -7.55. The molecular weight excluding hydrogens is 1270 g/mol. The van der Waals surface area contributed by atoms with Crippen molar-refractivity contribution in [2.45, 2.75) is 171 Å². The normalized spacial score (nSPS) is 23.4. The van der Waals surface area contributed by atoms with Crippen molar-refractivity contribution in [3.8, 4) is 5.75 Å². The van der Waals surface area contributed by atoms with Crippen molar-refractivity contribution in [2.24, 2.45) is 35.3 Å². The topological polar surface area (TPSA) is 470 Å². The van der Waals surface area contributed by atoms with Gasteiger partial charge >= 0.3 is 5.97 Å². The molecule has 30 nitrogen and oxygen atoms in total. The second-order valence-corrected chi connectivity index (χ2v) is 26.9. The molecule has 1 fully saturated rings. The van der Waals surface area contributed by atoms with Crippen LogP contribution in [0, 0.1) is 29.6 Å². The lowest BCUT2D eigenvalue weighted by molar-refractivity contribution is -0.144. The second-order valence-electron chi connectivity index (χ2n) is 24.4. The number of H-pyrrole nitrogens is 1. The molecule has 32 heteroatoms. The Kier molecular flexibility index (Phi) is 31.3. The second kappa shape index (κ2) is 38.1. The van der Waals surface area contributed by atoms with Crippen molar-refractivity contribution in [3.05, 3.63) is 23.3 Å². The summed E-state index contributed by atoms with van der Waals surface area (Å²) in [5, 5.41) is 62.2. The van der Waals surface area contributed by atoms with Crippen LogP contribution in [0.25, 0.3) is 10.9 Å². The number of methoxy groups -OCH3 is 1. The zero-order valence-electron chi connectivity index (χ0n) is 53.9. The van der Waals surface area contributed by atoms with E-state index in [1.165, 1.54) is 25.8 Å². The molecule has 94 heavy (non-hydrogen) atoms. The molecule has 2 unspecified atom stereocenters. The fourth-order valence-corrected chi connectivity index (χ4v) is 13.7. The molecule has 2 aromatic rings. The van der Waals surface area contributed by atoms with Gasteiger partial charge in [0.15, 0.2) is 11.6 Å². The average Bonchev–Trinajstić information content (AvgIpc) is 1.61. The van der Waals surface area contributed by atoms with Gasteiger partial charge in [-0.3, -0.25) is 66.5 Å². The van der Waals surface area contributed by atoms with Crippen LogP contribution in [0.5, 0.6) is 5.75 Å². The van der Waals surface area contributed by atoms with E-state index in [1.807, 2.05) is 0 Å². The minimum absolute atomic E-state index is 0.107. The molecule has 4 heterocycles. The third-order valence-electron chi connectivity index (χ3n) is 17.2. The Morgan fingerprint density at radius 3 is 2.12 bits per heavy atom. The summed E-state index contributed by atoms with van der Waals surface area (Å²) in [6.07, 6.45) is -1.30. The number of aliphatic hydroxyl groups excluding tert-OH is 3.